The molecule has 0 unspecified atom stereocenters. The largest absolute Gasteiger partial charge is 0.480 e. The number of carboxylic acid groups (broad SMARTS) is 1. The first-order chi connectivity index (χ1) is 11.5. The number of amides is 1. The molecule has 0 bridgehead atoms. The molecule has 5 N–H and O–H groups in total. The molecule has 0 saturated heterocycles. The van der Waals surface area contributed by atoms with Crippen molar-refractivity contribution in [1.82, 2.24) is 10.3 Å². The van der Waals surface area contributed by atoms with Crippen LogP contribution in [0.2, 0.25) is 0 Å². The van der Waals surface area contributed by atoms with Crippen molar-refractivity contribution in [1.29, 1.82) is 0 Å². The Labute approximate surface area is 139 Å². The first-order valence-corrected chi connectivity index (χ1v) is 7.67. The summed E-state index contributed by atoms with van der Waals surface area (Å²) in [7, 11) is 0. The number of carboxylic acids is 1. The van der Waals surface area contributed by atoms with Crippen LogP contribution in [0, 0.1) is 6.92 Å². The monoisotopic (exact) mass is 331 g/mol. The van der Waals surface area contributed by atoms with E-state index in [2.05, 4.69) is 10.3 Å². The van der Waals surface area contributed by atoms with Gasteiger partial charge >= 0.3 is 5.97 Å². The van der Waals surface area contributed by atoms with Gasteiger partial charge in [-0.1, -0.05) is 18.2 Å². The summed E-state index contributed by atoms with van der Waals surface area (Å²) >= 11 is 0. The Hall–Kier alpha value is -2.51. The number of aromatic nitrogens is 1. The Morgan fingerprint density at radius 1 is 1.33 bits per heavy atom. The van der Waals surface area contributed by atoms with Crippen LogP contribution in [-0.2, 0) is 22.6 Å². The van der Waals surface area contributed by atoms with Gasteiger partial charge in [0.2, 0.25) is 5.91 Å². The number of hydrogen-bond acceptors (Lipinski definition) is 5. The molecule has 128 valence electrons. The molecule has 0 saturated carbocycles. The Morgan fingerprint density at radius 2 is 2.08 bits per heavy atom. The Bertz CT molecular complexity index is 761. The van der Waals surface area contributed by atoms with Crippen LogP contribution < -0.4 is 11.1 Å². The van der Waals surface area contributed by atoms with Crippen molar-refractivity contribution in [2.45, 2.75) is 32.4 Å². The zero-order chi connectivity index (χ0) is 17.7. The summed E-state index contributed by atoms with van der Waals surface area (Å²) in [4.78, 5) is 27.8. The van der Waals surface area contributed by atoms with E-state index in [0.717, 1.165) is 16.6 Å². The van der Waals surface area contributed by atoms with Gasteiger partial charge in [0.15, 0.2) is 0 Å². The van der Waals surface area contributed by atoms with Crippen molar-refractivity contribution in [3.8, 4) is 0 Å². The maximum Gasteiger partial charge on any atom is 0.326 e. The molecule has 7 nitrogen and oxygen atoms in total. The zero-order valence-electron chi connectivity index (χ0n) is 13.5. The molecule has 1 heterocycles. The molecule has 0 spiro atoms. The smallest absolute Gasteiger partial charge is 0.326 e. The number of pyridine rings is 1. The van der Waals surface area contributed by atoms with E-state index in [0.29, 0.717) is 11.1 Å². The lowest BCUT2D eigenvalue weighted by atomic mass is 10.0. The average molecular weight is 331 g/mol. The number of fused-ring (bicyclic) bond motifs is 1. The summed E-state index contributed by atoms with van der Waals surface area (Å²) in [5.41, 5.74) is 8.18. The van der Waals surface area contributed by atoms with Gasteiger partial charge in [0.05, 0.1) is 18.5 Å². The van der Waals surface area contributed by atoms with E-state index in [1.165, 1.54) is 0 Å². The predicted octanol–water partition coefficient (Wildman–Crippen LogP) is 0.496. The number of benzene rings is 1. The standard InChI is InChI=1S/C17H21N3O4/c1-10-7-12(9-21)13-4-2-3-11(16(13)19-10)8-15(22)20-14(5-6-18)17(23)24/h2-4,7,14,21H,5-6,8-9,18H2,1H3,(H,20,22)(H,23,24)/t14-/m0/s1. The van der Waals surface area contributed by atoms with Gasteiger partial charge in [0.25, 0.3) is 0 Å². The fourth-order valence-electron chi connectivity index (χ4n) is 2.64. The highest BCUT2D eigenvalue weighted by Gasteiger charge is 2.19. The summed E-state index contributed by atoms with van der Waals surface area (Å²) in [6, 6.07) is 6.20. The molecule has 0 radical (unpaired) electrons. The average Bonchev–Trinajstić information content (AvgIpc) is 2.54. The van der Waals surface area contributed by atoms with E-state index in [4.69, 9.17) is 10.8 Å². The maximum atomic E-state index is 12.2. The third-order valence-electron chi connectivity index (χ3n) is 3.75. The summed E-state index contributed by atoms with van der Waals surface area (Å²) in [5, 5.41) is 21.8. The molecule has 1 amide bonds. The number of para-hydroxylation sites is 1. The van der Waals surface area contributed by atoms with Gasteiger partial charge in [0, 0.05) is 11.1 Å². The minimum atomic E-state index is -1.11. The second-order valence-corrected chi connectivity index (χ2v) is 5.61. The van der Waals surface area contributed by atoms with Crippen LogP contribution in [0.1, 0.15) is 23.2 Å². The summed E-state index contributed by atoms with van der Waals surface area (Å²) in [6.07, 6.45) is 0.176. The van der Waals surface area contributed by atoms with Crippen molar-refractivity contribution in [2.24, 2.45) is 5.73 Å². The normalized spacial score (nSPS) is 12.1. The van der Waals surface area contributed by atoms with Crippen LogP contribution in [0.15, 0.2) is 24.3 Å². The first-order valence-electron chi connectivity index (χ1n) is 7.67. The number of aryl methyl sites for hydroxylation is 1. The lowest BCUT2D eigenvalue weighted by Crippen LogP contribution is -2.42. The predicted molar refractivity (Wildman–Crippen MR) is 89.3 cm³/mol. The van der Waals surface area contributed by atoms with Gasteiger partial charge in [-0.3, -0.25) is 9.78 Å². The minimum Gasteiger partial charge on any atom is -0.480 e. The van der Waals surface area contributed by atoms with Crippen LogP contribution in [0.25, 0.3) is 10.9 Å². The van der Waals surface area contributed by atoms with Crippen LogP contribution in [0.3, 0.4) is 0 Å². The van der Waals surface area contributed by atoms with Gasteiger partial charge in [-0.15, -0.1) is 0 Å². The molecule has 2 aromatic rings. The van der Waals surface area contributed by atoms with E-state index in [1.807, 2.05) is 13.0 Å². The van der Waals surface area contributed by atoms with Crippen LogP contribution >= 0.6 is 0 Å². The van der Waals surface area contributed by atoms with Gasteiger partial charge in [-0.25, -0.2) is 4.79 Å². The van der Waals surface area contributed by atoms with E-state index >= 15 is 0 Å². The third kappa shape index (κ3) is 4.06. The lowest BCUT2D eigenvalue weighted by molar-refractivity contribution is -0.141. The second-order valence-electron chi connectivity index (χ2n) is 5.61. The number of aliphatic hydroxyl groups excluding tert-OH is 1. The first kappa shape index (κ1) is 17.8. The fourth-order valence-corrected chi connectivity index (χ4v) is 2.64. The van der Waals surface area contributed by atoms with Gasteiger partial charge in [0.1, 0.15) is 6.04 Å². The number of carbonyl (C=O) groups excluding carboxylic acids is 1. The zero-order valence-corrected chi connectivity index (χ0v) is 13.5. The summed E-state index contributed by atoms with van der Waals surface area (Å²) < 4.78 is 0. The highest BCUT2D eigenvalue weighted by molar-refractivity contribution is 5.91. The number of aliphatic carboxylic acids is 1. The molecule has 2 rings (SSSR count). The fraction of sp³-hybridized carbons (Fsp3) is 0.353. The molecule has 7 heteroatoms. The van der Waals surface area contributed by atoms with Crippen LogP contribution in [0.5, 0.6) is 0 Å². The molecular formula is C17H21N3O4. The third-order valence-corrected chi connectivity index (χ3v) is 3.75. The van der Waals surface area contributed by atoms with Crippen molar-refractivity contribution in [3.63, 3.8) is 0 Å². The highest BCUT2D eigenvalue weighted by Crippen LogP contribution is 2.22. The number of carbonyl (C=O) groups is 2. The second kappa shape index (κ2) is 7.85. The van der Waals surface area contributed by atoms with Crippen molar-refractivity contribution in [3.05, 3.63) is 41.1 Å². The molecule has 0 aliphatic heterocycles. The molecule has 24 heavy (non-hydrogen) atoms. The molecule has 0 aliphatic rings. The van der Waals surface area contributed by atoms with Crippen molar-refractivity contribution >= 4 is 22.8 Å². The summed E-state index contributed by atoms with van der Waals surface area (Å²) in [5.74, 6) is -1.51. The SMILES string of the molecule is Cc1cc(CO)c2cccc(CC(=O)N[C@@H](CCN)C(=O)O)c2n1. The highest BCUT2D eigenvalue weighted by atomic mass is 16.4. The molecule has 1 atom stereocenters. The molecule has 0 aliphatic carbocycles. The minimum absolute atomic E-state index is 0.00696. The number of nitrogens with one attached hydrogen (secondary N) is 1. The Balaban J connectivity index is 2.28. The number of aliphatic hydroxyl groups is 1. The van der Waals surface area contributed by atoms with Crippen molar-refractivity contribution < 1.29 is 19.8 Å². The Morgan fingerprint density at radius 3 is 2.71 bits per heavy atom. The van der Waals surface area contributed by atoms with Crippen LogP contribution in [0.4, 0.5) is 0 Å². The molecular weight excluding hydrogens is 310 g/mol. The van der Waals surface area contributed by atoms with E-state index in [9.17, 15) is 14.7 Å². The molecule has 1 aromatic heterocycles. The van der Waals surface area contributed by atoms with E-state index < -0.39 is 17.9 Å². The summed E-state index contributed by atoms with van der Waals surface area (Å²) in [6.45, 7) is 1.87. The van der Waals surface area contributed by atoms with E-state index in [-0.39, 0.29) is 26.0 Å². The number of hydrogen-bond donors (Lipinski definition) is 4. The molecule has 1 aromatic carbocycles. The quantitative estimate of drug-likeness (QED) is 0.585. The lowest BCUT2D eigenvalue weighted by Gasteiger charge is -2.14. The van der Waals surface area contributed by atoms with Gasteiger partial charge in [-0.2, -0.15) is 0 Å². The van der Waals surface area contributed by atoms with Gasteiger partial charge < -0.3 is 21.3 Å². The number of nitrogens with two attached hydrogens (primary N) is 1. The Kier molecular flexibility index (Phi) is 5.83. The number of nitrogens with zero attached hydrogens (tertiary/aromatic N) is 1. The maximum absolute atomic E-state index is 12.2. The van der Waals surface area contributed by atoms with Crippen LogP contribution in [-0.4, -0.2) is 39.7 Å². The van der Waals surface area contributed by atoms with Crippen molar-refractivity contribution in [2.75, 3.05) is 6.54 Å². The van der Waals surface area contributed by atoms with E-state index in [1.54, 1.807) is 18.2 Å². The molecule has 0 fully saturated rings. The topological polar surface area (TPSA) is 126 Å². The van der Waals surface area contributed by atoms with Gasteiger partial charge in [-0.05, 0) is 37.1 Å². The number of rotatable bonds is 7.